The lowest BCUT2D eigenvalue weighted by atomic mass is 9.95. The first kappa shape index (κ1) is 21.2. The van der Waals surface area contributed by atoms with E-state index in [1.807, 2.05) is 38.1 Å². The Morgan fingerprint density at radius 2 is 1.77 bits per heavy atom. The van der Waals surface area contributed by atoms with Gasteiger partial charge in [-0.3, -0.25) is 0 Å². The largest absolute Gasteiger partial charge is 0.490 e. The maximum atomic E-state index is 12.3. The number of methoxy groups -OCH3 is 1. The molecule has 3 rings (SSSR count). The van der Waals surface area contributed by atoms with Crippen molar-refractivity contribution in [2.75, 3.05) is 13.7 Å². The summed E-state index contributed by atoms with van der Waals surface area (Å²) in [5, 5.41) is 5.39. The molecule has 0 saturated heterocycles. The summed E-state index contributed by atoms with van der Waals surface area (Å²) in [7, 11) is 1.31. The summed E-state index contributed by atoms with van der Waals surface area (Å²) in [6.07, 6.45) is 0. The molecule has 1 heterocycles. The van der Waals surface area contributed by atoms with Crippen LogP contribution in [-0.2, 0) is 16.1 Å². The van der Waals surface area contributed by atoms with Crippen LogP contribution in [0, 0.1) is 6.92 Å². The Bertz CT molecular complexity index is 966. The van der Waals surface area contributed by atoms with Crippen molar-refractivity contribution in [1.29, 1.82) is 0 Å². The van der Waals surface area contributed by atoms with Gasteiger partial charge in [0.1, 0.15) is 6.61 Å². The van der Waals surface area contributed by atoms with E-state index in [-0.39, 0.29) is 6.03 Å². The van der Waals surface area contributed by atoms with Gasteiger partial charge >= 0.3 is 12.0 Å². The van der Waals surface area contributed by atoms with Gasteiger partial charge in [0, 0.05) is 5.70 Å². The van der Waals surface area contributed by atoms with Crippen LogP contribution in [0.15, 0.2) is 53.7 Å². The Labute approximate surface area is 176 Å². The summed E-state index contributed by atoms with van der Waals surface area (Å²) in [5.74, 6) is 0.612. The van der Waals surface area contributed by atoms with E-state index in [4.69, 9.17) is 14.2 Å². The minimum atomic E-state index is -0.656. The molecule has 0 fully saturated rings. The Morgan fingerprint density at radius 3 is 2.43 bits per heavy atom. The zero-order chi connectivity index (χ0) is 21.7. The molecule has 7 heteroatoms. The van der Waals surface area contributed by atoms with Crippen molar-refractivity contribution in [3.63, 3.8) is 0 Å². The van der Waals surface area contributed by atoms with E-state index in [9.17, 15) is 9.59 Å². The summed E-state index contributed by atoms with van der Waals surface area (Å²) < 4.78 is 16.6. The molecule has 2 aromatic carbocycles. The van der Waals surface area contributed by atoms with E-state index in [0.717, 1.165) is 5.56 Å². The molecule has 1 aliphatic rings. The van der Waals surface area contributed by atoms with Crippen molar-refractivity contribution in [1.82, 2.24) is 10.6 Å². The molecule has 1 unspecified atom stereocenters. The molecule has 0 bridgehead atoms. The van der Waals surface area contributed by atoms with Gasteiger partial charge in [0.15, 0.2) is 11.5 Å². The van der Waals surface area contributed by atoms with E-state index in [1.165, 1.54) is 12.7 Å². The van der Waals surface area contributed by atoms with Crippen molar-refractivity contribution in [3.8, 4) is 11.5 Å². The standard InChI is InChI=1S/C23H26N2O5/c1-5-29-19-12-17(21-20(22(26)28-4)15(3)24-23(27)25-21)10-11-18(19)30-13-16-8-6-14(2)7-9-16/h6-12,21H,5,13H2,1-4H3,(H2,24,25,27). The van der Waals surface area contributed by atoms with Gasteiger partial charge < -0.3 is 24.8 Å². The second-order valence-electron chi connectivity index (χ2n) is 6.98. The molecule has 158 valence electrons. The second-order valence-corrected chi connectivity index (χ2v) is 6.98. The van der Waals surface area contributed by atoms with Crippen molar-refractivity contribution >= 4 is 12.0 Å². The van der Waals surface area contributed by atoms with Gasteiger partial charge in [-0.15, -0.1) is 0 Å². The number of hydrogen-bond donors (Lipinski definition) is 2. The summed E-state index contributed by atoms with van der Waals surface area (Å²) in [5.41, 5.74) is 3.72. The van der Waals surface area contributed by atoms with Crippen molar-refractivity contribution in [3.05, 3.63) is 70.4 Å². The van der Waals surface area contributed by atoms with Crippen LogP contribution in [0.4, 0.5) is 4.79 Å². The molecular formula is C23H26N2O5. The van der Waals surface area contributed by atoms with E-state index in [2.05, 4.69) is 10.6 Å². The first-order valence-electron chi connectivity index (χ1n) is 9.74. The highest BCUT2D eigenvalue weighted by Gasteiger charge is 2.32. The molecule has 2 aromatic rings. The quantitative estimate of drug-likeness (QED) is 0.679. The Balaban J connectivity index is 1.89. The lowest BCUT2D eigenvalue weighted by Gasteiger charge is -2.28. The number of aryl methyl sites for hydroxylation is 1. The van der Waals surface area contributed by atoms with Crippen LogP contribution >= 0.6 is 0 Å². The molecule has 2 amide bonds. The van der Waals surface area contributed by atoms with Crippen molar-refractivity contribution in [2.24, 2.45) is 0 Å². The minimum absolute atomic E-state index is 0.341. The number of benzene rings is 2. The number of rotatable bonds is 7. The van der Waals surface area contributed by atoms with E-state index >= 15 is 0 Å². The first-order valence-corrected chi connectivity index (χ1v) is 9.74. The van der Waals surface area contributed by atoms with Crippen molar-refractivity contribution in [2.45, 2.75) is 33.4 Å². The predicted molar refractivity (Wildman–Crippen MR) is 112 cm³/mol. The van der Waals surface area contributed by atoms with Gasteiger partial charge in [-0.25, -0.2) is 9.59 Å². The summed E-state index contributed by atoms with van der Waals surface area (Å²) in [4.78, 5) is 24.3. The maximum Gasteiger partial charge on any atom is 0.337 e. The minimum Gasteiger partial charge on any atom is -0.490 e. The molecule has 0 aromatic heterocycles. The zero-order valence-electron chi connectivity index (χ0n) is 17.6. The van der Waals surface area contributed by atoms with Crippen LogP contribution in [0.25, 0.3) is 0 Å². The lowest BCUT2D eigenvalue weighted by Crippen LogP contribution is -2.45. The van der Waals surface area contributed by atoms with Crippen LogP contribution in [0.1, 0.15) is 36.6 Å². The monoisotopic (exact) mass is 410 g/mol. The van der Waals surface area contributed by atoms with E-state index in [0.29, 0.717) is 41.5 Å². The number of ether oxygens (including phenoxy) is 3. The fourth-order valence-corrected chi connectivity index (χ4v) is 3.26. The van der Waals surface area contributed by atoms with Gasteiger partial charge in [-0.05, 0) is 44.0 Å². The number of allylic oxidation sites excluding steroid dienone is 1. The van der Waals surface area contributed by atoms with Crippen LogP contribution in [0.3, 0.4) is 0 Å². The molecular weight excluding hydrogens is 384 g/mol. The number of esters is 1. The summed E-state index contributed by atoms with van der Waals surface area (Å²) >= 11 is 0. The Morgan fingerprint density at radius 1 is 1.03 bits per heavy atom. The Kier molecular flexibility index (Phi) is 6.61. The van der Waals surface area contributed by atoms with Gasteiger partial charge in [-0.1, -0.05) is 35.9 Å². The summed E-state index contributed by atoms with van der Waals surface area (Å²) in [6.45, 7) is 6.43. The van der Waals surface area contributed by atoms with Gasteiger partial charge in [0.2, 0.25) is 0 Å². The maximum absolute atomic E-state index is 12.3. The molecule has 1 aliphatic heterocycles. The molecule has 0 saturated carbocycles. The molecule has 0 aliphatic carbocycles. The topological polar surface area (TPSA) is 85.9 Å². The fourth-order valence-electron chi connectivity index (χ4n) is 3.26. The number of hydrogen-bond acceptors (Lipinski definition) is 5. The number of amides is 2. The normalized spacial score (nSPS) is 15.9. The number of carbonyl (C=O) groups excluding carboxylic acids is 2. The lowest BCUT2D eigenvalue weighted by molar-refractivity contribution is -0.136. The molecule has 7 nitrogen and oxygen atoms in total. The van der Waals surface area contributed by atoms with Gasteiger partial charge in [-0.2, -0.15) is 0 Å². The summed E-state index contributed by atoms with van der Waals surface area (Å²) in [6, 6.07) is 12.4. The smallest absolute Gasteiger partial charge is 0.337 e. The van der Waals surface area contributed by atoms with Crippen LogP contribution in [-0.4, -0.2) is 25.7 Å². The van der Waals surface area contributed by atoms with Gasteiger partial charge in [0.05, 0.1) is 25.3 Å². The van der Waals surface area contributed by atoms with Gasteiger partial charge in [0.25, 0.3) is 0 Å². The predicted octanol–water partition coefficient (Wildman–Crippen LogP) is 3.77. The molecule has 30 heavy (non-hydrogen) atoms. The molecule has 0 radical (unpaired) electrons. The number of nitrogens with one attached hydrogen (secondary N) is 2. The van der Waals surface area contributed by atoms with Crippen molar-refractivity contribution < 1.29 is 23.8 Å². The molecule has 1 atom stereocenters. The van der Waals surface area contributed by atoms with E-state index in [1.54, 1.807) is 25.1 Å². The zero-order valence-corrected chi connectivity index (χ0v) is 17.6. The molecule has 2 N–H and O–H groups in total. The highest BCUT2D eigenvalue weighted by Crippen LogP contribution is 2.35. The third kappa shape index (κ3) is 4.74. The number of urea groups is 1. The second kappa shape index (κ2) is 9.35. The van der Waals surface area contributed by atoms with Crippen LogP contribution in [0.2, 0.25) is 0 Å². The number of carbonyl (C=O) groups is 2. The Hall–Kier alpha value is -3.48. The first-order chi connectivity index (χ1) is 14.4. The molecule has 0 spiro atoms. The average molecular weight is 410 g/mol. The van der Waals surface area contributed by atoms with E-state index < -0.39 is 12.0 Å². The highest BCUT2D eigenvalue weighted by molar-refractivity contribution is 5.95. The van der Waals surface area contributed by atoms with Crippen LogP contribution < -0.4 is 20.1 Å². The third-order valence-electron chi connectivity index (χ3n) is 4.79. The SMILES string of the molecule is CCOc1cc(C2NC(=O)NC(C)=C2C(=O)OC)ccc1OCc1ccc(C)cc1. The average Bonchev–Trinajstić information content (AvgIpc) is 2.73. The van der Waals surface area contributed by atoms with Crippen LogP contribution in [0.5, 0.6) is 11.5 Å². The third-order valence-corrected chi connectivity index (χ3v) is 4.79. The fraction of sp³-hybridized carbons (Fsp3) is 0.304. The highest BCUT2D eigenvalue weighted by atomic mass is 16.5.